The summed E-state index contributed by atoms with van der Waals surface area (Å²) in [7, 11) is 0. The molecule has 0 aromatic carbocycles. The van der Waals surface area contributed by atoms with Crippen molar-refractivity contribution in [1.82, 2.24) is 0 Å². The molecule has 3 heteroatoms. The molecule has 4 atom stereocenters. The first kappa shape index (κ1) is 16.1. The molecule has 0 radical (unpaired) electrons. The van der Waals surface area contributed by atoms with E-state index in [-0.39, 0.29) is 22.9 Å². The van der Waals surface area contributed by atoms with Crippen LogP contribution in [0.15, 0.2) is 22.8 Å². The monoisotopic (exact) mass is 328 g/mol. The second-order valence-electron chi connectivity index (χ2n) is 8.68. The molecule has 0 aromatic heterocycles. The summed E-state index contributed by atoms with van der Waals surface area (Å²) in [6, 6.07) is 0. The lowest BCUT2D eigenvalue weighted by Crippen LogP contribution is -2.41. The Bertz CT molecular complexity index is 671. The van der Waals surface area contributed by atoms with Gasteiger partial charge in [-0.25, -0.2) is 0 Å². The lowest BCUT2D eigenvalue weighted by atomic mass is 9.55. The van der Waals surface area contributed by atoms with Crippen LogP contribution in [0.2, 0.25) is 0 Å². The zero-order valence-electron chi connectivity index (χ0n) is 15.1. The van der Waals surface area contributed by atoms with Crippen molar-refractivity contribution in [1.29, 1.82) is 0 Å². The first-order valence-corrected chi connectivity index (χ1v) is 9.47. The standard InChI is InChI=1S/C21H28O3/c1-13(22)24-15-8-10-20(2)14(12-15)4-5-16-17-6-7-19(23)21(17,3)11-9-18(16)20/h4,15,17H,5-12H2,1-3H3/t15?,17-,20-,21-/m0/s1. The highest BCUT2D eigenvalue weighted by atomic mass is 16.5. The van der Waals surface area contributed by atoms with Crippen LogP contribution in [-0.2, 0) is 14.3 Å². The third-order valence-corrected chi connectivity index (χ3v) is 7.46. The van der Waals surface area contributed by atoms with E-state index in [1.54, 1.807) is 11.1 Å². The van der Waals surface area contributed by atoms with Gasteiger partial charge in [0.1, 0.15) is 11.9 Å². The van der Waals surface area contributed by atoms with E-state index in [1.165, 1.54) is 12.5 Å². The zero-order chi connectivity index (χ0) is 17.1. The number of carbonyl (C=O) groups is 2. The highest BCUT2D eigenvalue weighted by molar-refractivity contribution is 5.88. The smallest absolute Gasteiger partial charge is 0.302 e. The Morgan fingerprint density at radius 2 is 2.00 bits per heavy atom. The van der Waals surface area contributed by atoms with Crippen molar-refractivity contribution in [3.05, 3.63) is 22.8 Å². The van der Waals surface area contributed by atoms with Gasteiger partial charge in [0.05, 0.1) is 0 Å². The number of fused-ring (bicyclic) bond motifs is 4. The SMILES string of the molecule is CC(=O)OC1CC[C@@]2(C)C(=CCC3=C2CC[C@]2(C)C(=O)CC[C@@H]32)C1. The quantitative estimate of drug-likeness (QED) is 0.525. The first-order valence-electron chi connectivity index (χ1n) is 9.47. The molecule has 0 spiro atoms. The largest absolute Gasteiger partial charge is 0.462 e. The molecule has 0 heterocycles. The highest BCUT2D eigenvalue weighted by Crippen LogP contribution is 2.61. The molecular weight excluding hydrogens is 300 g/mol. The zero-order valence-corrected chi connectivity index (χ0v) is 15.1. The number of esters is 1. The summed E-state index contributed by atoms with van der Waals surface area (Å²) in [5.74, 6) is 0.782. The van der Waals surface area contributed by atoms with Gasteiger partial charge >= 0.3 is 5.97 Å². The average molecular weight is 328 g/mol. The lowest BCUT2D eigenvalue weighted by Gasteiger charge is -2.50. The maximum Gasteiger partial charge on any atom is 0.302 e. The molecule has 0 amide bonds. The molecule has 0 bridgehead atoms. The normalized spacial score (nSPS) is 41.3. The summed E-state index contributed by atoms with van der Waals surface area (Å²) in [6.45, 7) is 6.09. The molecule has 130 valence electrons. The molecule has 4 aliphatic rings. The van der Waals surface area contributed by atoms with Crippen molar-refractivity contribution in [2.45, 2.75) is 78.2 Å². The number of hydrogen-bond acceptors (Lipinski definition) is 3. The van der Waals surface area contributed by atoms with Gasteiger partial charge in [-0.2, -0.15) is 0 Å². The second kappa shape index (κ2) is 5.31. The predicted molar refractivity (Wildman–Crippen MR) is 92.3 cm³/mol. The van der Waals surface area contributed by atoms with Crippen LogP contribution in [0.25, 0.3) is 0 Å². The Kier molecular flexibility index (Phi) is 3.56. The number of Topliss-reactive ketones (excluding diaryl/α,β-unsaturated/α-hetero) is 1. The summed E-state index contributed by atoms with van der Waals surface area (Å²) in [4.78, 5) is 23.7. The summed E-state index contributed by atoms with van der Waals surface area (Å²) < 4.78 is 5.48. The molecule has 0 N–H and O–H groups in total. The highest BCUT2D eigenvalue weighted by Gasteiger charge is 2.53. The van der Waals surface area contributed by atoms with E-state index >= 15 is 0 Å². The minimum Gasteiger partial charge on any atom is -0.462 e. The molecule has 1 unspecified atom stereocenters. The summed E-state index contributed by atoms with van der Waals surface area (Å²) >= 11 is 0. The Hall–Kier alpha value is -1.38. The van der Waals surface area contributed by atoms with Crippen LogP contribution in [0.3, 0.4) is 0 Å². The fraction of sp³-hybridized carbons (Fsp3) is 0.714. The van der Waals surface area contributed by atoms with Crippen LogP contribution >= 0.6 is 0 Å². The van der Waals surface area contributed by atoms with Crippen LogP contribution in [0.4, 0.5) is 0 Å². The van der Waals surface area contributed by atoms with Crippen molar-refractivity contribution in [3.63, 3.8) is 0 Å². The summed E-state index contributed by atoms with van der Waals surface area (Å²) in [5.41, 5.74) is 4.70. The van der Waals surface area contributed by atoms with Gasteiger partial charge in [0, 0.05) is 30.6 Å². The third kappa shape index (κ3) is 2.16. The van der Waals surface area contributed by atoms with Crippen molar-refractivity contribution < 1.29 is 14.3 Å². The Morgan fingerprint density at radius 3 is 2.75 bits per heavy atom. The first-order chi connectivity index (χ1) is 11.3. The molecule has 2 fully saturated rings. The van der Waals surface area contributed by atoms with Gasteiger partial charge in [0.2, 0.25) is 0 Å². The van der Waals surface area contributed by atoms with Crippen LogP contribution < -0.4 is 0 Å². The molecule has 0 aromatic rings. The van der Waals surface area contributed by atoms with Gasteiger partial charge in [0.25, 0.3) is 0 Å². The van der Waals surface area contributed by atoms with Crippen molar-refractivity contribution in [3.8, 4) is 0 Å². The molecule has 2 saturated carbocycles. The van der Waals surface area contributed by atoms with E-state index in [0.717, 1.165) is 51.4 Å². The van der Waals surface area contributed by atoms with Crippen LogP contribution in [0, 0.1) is 16.7 Å². The molecule has 0 aliphatic heterocycles. The molecule has 4 aliphatic carbocycles. The minimum absolute atomic E-state index is 0.0471. The number of allylic oxidation sites excluding steroid dienone is 3. The lowest BCUT2D eigenvalue weighted by molar-refractivity contribution is -0.147. The van der Waals surface area contributed by atoms with E-state index in [0.29, 0.717) is 11.7 Å². The Morgan fingerprint density at radius 1 is 1.21 bits per heavy atom. The molecule has 3 nitrogen and oxygen atoms in total. The fourth-order valence-corrected chi connectivity index (χ4v) is 6.00. The van der Waals surface area contributed by atoms with Gasteiger partial charge in [-0.3, -0.25) is 9.59 Å². The van der Waals surface area contributed by atoms with Gasteiger partial charge < -0.3 is 4.74 Å². The number of ether oxygens (including phenoxy) is 1. The number of ketones is 1. The topological polar surface area (TPSA) is 43.4 Å². The van der Waals surface area contributed by atoms with Gasteiger partial charge in [-0.15, -0.1) is 0 Å². The summed E-state index contributed by atoms with van der Waals surface area (Å²) in [6.07, 6.45) is 10.2. The van der Waals surface area contributed by atoms with Crippen LogP contribution in [0.1, 0.15) is 72.1 Å². The van der Waals surface area contributed by atoms with Crippen molar-refractivity contribution in [2.75, 3.05) is 0 Å². The van der Waals surface area contributed by atoms with E-state index < -0.39 is 0 Å². The van der Waals surface area contributed by atoms with Gasteiger partial charge in [0.15, 0.2) is 0 Å². The number of carbonyl (C=O) groups excluding carboxylic acids is 2. The van der Waals surface area contributed by atoms with Crippen molar-refractivity contribution in [2.24, 2.45) is 16.7 Å². The van der Waals surface area contributed by atoms with E-state index in [1.807, 2.05) is 0 Å². The van der Waals surface area contributed by atoms with E-state index in [9.17, 15) is 9.59 Å². The van der Waals surface area contributed by atoms with Gasteiger partial charge in [-0.1, -0.05) is 36.6 Å². The van der Waals surface area contributed by atoms with Crippen LogP contribution in [-0.4, -0.2) is 17.9 Å². The average Bonchev–Trinajstić information content (AvgIpc) is 2.83. The summed E-state index contributed by atoms with van der Waals surface area (Å²) in [5, 5.41) is 0. The minimum atomic E-state index is -0.169. The van der Waals surface area contributed by atoms with Crippen LogP contribution in [0.5, 0.6) is 0 Å². The predicted octanol–water partition coefficient (Wildman–Crippen LogP) is 4.51. The number of rotatable bonds is 1. The molecular formula is C21H28O3. The third-order valence-electron chi connectivity index (χ3n) is 7.46. The van der Waals surface area contributed by atoms with Gasteiger partial charge in [-0.05, 0) is 44.4 Å². The molecule has 4 rings (SSSR count). The maximum atomic E-state index is 12.4. The fourth-order valence-electron chi connectivity index (χ4n) is 6.00. The Labute approximate surface area is 144 Å². The maximum absolute atomic E-state index is 12.4. The molecule has 0 saturated heterocycles. The van der Waals surface area contributed by atoms with E-state index in [2.05, 4.69) is 19.9 Å². The van der Waals surface area contributed by atoms with Crippen molar-refractivity contribution >= 4 is 11.8 Å². The molecule has 24 heavy (non-hydrogen) atoms. The second-order valence-corrected chi connectivity index (χ2v) is 8.68. The Balaban J connectivity index is 1.64. The number of hydrogen-bond donors (Lipinski definition) is 0. The van der Waals surface area contributed by atoms with E-state index in [4.69, 9.17) is 4.74 Å².